The molecule has 2 N–H and O–H groups in total. The third kappa shape index (κ3) is 4.78. The molecule has 1 unspecified atom stereocenters. The predicted octanol–water partition coefficient (Wildman–Crippen LogP) is 2.36. The van der Waals surface area contributed by atoms with Gasteiger partial charge in [0.1, 0.15) is 0 Å². The average molecular weight is 378 g/mol. The Kier molecular flexibility index (Phi) is 6.95. The van der Waals surface area contributed by atoms with Gasteiger partial charge in [-0.2, -0.15) is 0 Å². The van der Waals surface area contributed by atoms with Gasteiger partial charge in [0, 0.05) is 56.1 Å². The molecular weight excluding hydrogens is 342 g/mol. The summed E-state index contributed by atoms with van der Waals surface area (Å²) in [6.07, 6.45) is 6.62. The lowest BCUT2D eigenvalue weighted by atomic mass is 9.73. The minimum absolute atomic E-state index is 0.284. The van der Waals surface area contributed by atoms with Gasteiger partial charge in [0.15, 0.2) is 5.96 Å². The molecule has 2 heterocycles. The van der Waals surface area contributed by atoms with E-state index in [-0.39, 0.29) is 5.41 Å². The molecule has 0 aromatic carbocycles. The smallest absolute Gasteiger partial charge is 0.191 e. The van der Waals surface area contributed by atoms with Gasteiger partial charge >= 0.3 is 0 Å². The molecule has 1 aliphatic carbocycles. The number of hydrogen-bond donors (Lipinski definition) is 2. The first-order valence-electron chi connectivity index (χ1n) is 10.0. The van der Waals surface area contributed by atoms with E-state index in [9.17, 15) is 0 Å². The molecule has 1 aromatic heterocycles. The maximum Gasteiger partial charge on any atom is 0.191 e. The lowest BCUT2D eigenvalue weighted by Crippen LogP contribution is -2.56. The zero-order valence-corrected chi connectivity index (χ0v) is 17.4. The molecule has 5 nitrogen and oxygen atoms in total. The van der Waals surface area contributed by atoms with Crippen molar-refractivity contribution in [1.82, 2.24) is 20.4 Å². The van der Waals surface area contributed by atoms with Crippen molar-refractivity contribution in [2.24, 2.45) is 4.99 Å². The van der Waals surface area contributed by atoms with Crippen LogP contribution in [0, 0.1) is 0 Å². The second-order valence-electron chi connectivity index (χ2n) is 8.02. The predicted molar refractivity (Wildman–Crippen MR) is 112 cm³/mol. The zero-order valence-electron chi connectivity index (χ0n) is 16.6. The lowest BCUT2D eigenvalue weighted by Gasteiger charge is -2.39. The molecule has 0 amide bonds. The van der Waals surface area contributed by atoms with E-state index in [1.54, 1.807) is 0 Å². The van der Waals surface area contributed by atoms with Crippen molar-refractivity contribution in [2.75, 3.05) is 53.9 Å². The van der Waals surface area contributed by atoms with E-state index in [0.29, 0.717) is 6.04 Å². The number of rotatable bonds is 5. The number of piperazine rings is 1. The Labute approximate surface area is 162 Å². The van der Waals surface area contributed by atoms with Gasteiger partial charge in [0.25, 0.3) is 0 Å². The molecular formula is C20H35N5S. The van der Waals surface area contributed by atoms with Crippen molar-refractivity contribution in [2.45, 2.75) is 43.6 Å². The van der Waals surface area contributed by atoms with E-state index in [0.717, 1.165) is 38.7 Å². The molecule has 1 aromatic rings. The van der Waals surface area contributed by atoms with Crippen LogP contribution in [0.25, 0.3) is 0 Å². The van der Waals surface area contributed by atoms with E-state index in [2.05, 4.69) is 57.0 Å². The van der Waals surface area contributed by atoms with E-state index >= 15 is 0 Å². The first-order chi connectivity index (χ1) is 12.6. The Morgan fingerprint density at radius 2 is 2.04 bits per heavy atom. The highest BCUT2D eigenvalue weighted by Gasteiger charge is 2.35. The Morgan fingerprint density at radius 3 is 2.73 bits per heavy atom. The van der Waals surface area contributed by atoms with Gasteiger partial charge in [-0.25, -0.2) is 0 Å². The molecule has 1 saturated heterocycles. The fraction of sp³-hybridized carbons (Fsp3) is 0.750. The van der Waals surface area contributed by atoms with E-state index < -0.39 is 0 Å². The van der Waals surface area contributed by atoms with Crippen molar-refractivity contribution < 1.29 is 0 Å². The highest BCUT2D eigenvalue weighted by Crippen LogP contribution is 2.41. The van der Waals surface area contributed by atoms with Crippen molar-refractivity contribution in [1.29, 1.82) is 0 Å². The minimum Gasteiger partial charge on any atom is -0.355 e. The molecule has 1 aliphatic heterocycles. The number of nitrogens with zero attached hydrogens (tertiary/aromatic N) is 3. The summed E-state index contributed by atoms with van der Waals surface area (Å²) in [6, 6.07) is 5.05. The summed E-state index contributed by atoms with van der Waals surface area (Å²) in [6.45, 7) is 5.32. The number of thiophene rings is 1. The van der Waals surface area contributed by atoms with E-state index in [1.165, 1.54) is 37.0 Å². The van der Waals surface area contributed by atoms with Gasteiger partial charge in [-0.3, -0.25) is 9.89 Å². The topological polar surface area (TPSA) is 42.9 Å². The summed E-state index contributed by atoms with van der Waals surface area (Å²) in [7, 11) is 6.31. The average Bonchev–Trinajstić information content (AvgIpc) is 3.21. The third-order valence-electron chi connectivity index (χ3n) is 6.16. The number of nitrogens with one attached hydrogen (secondary N) is 2. The van der Waals surface area contributed by atoms with Crippen LogP contribution < -0.4 is 10.6 Å². The molecule has 3 rings (SSSR count). The van der Waals surface area contributed by atoms with Gasteiger partial charge in [-0.1, -0.05) is 25.3 Å². The normalized spacial score (nSPS) is 25.2. The summed E-state index contributed by atoms with van der Waals surface area (Å²) < 4.78 is 0. The Morgan fingerprint density at radius 1 is 1.23 bits per heavy atom. The van der Waals surface area contributed by atoms with Crippen LogP contribution in [0.4, 0.5) is 0 Å². The number of guanidine groups is 1. The first-order valence-corrected chi connectivity index (χ1v) is 10.9. The van der Waals surface area contributed by atoms with Gasteiger partial charge in [-0.05, 0) is 38.4 Å². The van der Waals surface area contributed by atoms with Crippen LogP contribution in [-0.4, -0.2) is 75.7 Å². The summed E-state index contributed by atoms with van der Waals surface area (Å²) in [5.74, 6) is 0.938. The molecule has 0 radical (unpaired) electrons. The maximum absolute atomic E-state index is 4.48. The molecule has 0 bridgehead atoms. The Bertz CT molecular complexity index is 565. The van der Waals surface area contributed by atoms with Crippen molar-refractivity contribution in [3.8, 4) is 0 Å². The van der Waals surface area contributed by atoms with Gasteiger partial charge in [-0.15, -0.1) is 11.3 Å². The SMILES string of the molecule is CN=C(NCC1CN(C)CCN1C)NCC1(c2cccs2)CCCCC1. The standard InChI is InChI=1S/C20H35N5S/c1-21-19(22-14-17-15-24(2)11-12-25(17)3)23-16-20(9-5-4-6-10-20)18-8-7-13-26-18/h7-8,13,17H,4-6,9-12,14-16H2,1-3H3,(H2,21,22,23). The fourth-order valence-corrected chi connectivity index (χ4v) is 5.32. The number of aliphatic imine (C=N–C) groups is 1. The molecule has 26 heavy (non-hydrogen) atoms. The largest absolute Gasteiger partial charge is 0.355 e. The maximum atomic E-state index is 4.48. The van der Waals surface area contributed by atoms with Gasteiger partial charge < -0.3 is 15.5 Å². The van der Waals surface area contributed by atoms with Crippen molar-refractivity contribution in [3.63, 3.8) is 0 Å². The fourth-order valence-electron chi connectivity index (χ4n) is 4.33. The Hall–Kier alpha value is -1.11. The van der Waals surface area contributed by atoms with Crippen LogP contribution in [0.2, 0.25) is 0 Å². The molecule has 2 aliphatic rings. The molecule has 2 fully saturated rings. The second kappa shape index (κ2) is 9.20. The van der Waals surface area contributed by atoms with E-state index in [1.807, 2.05) is 18.4 Å². The summed E-state index contributed by atoms with van der Waals surface area (Å²) in [5.41, 5.74) is 0.284. The third-order valence-corrected chi connectivity index (χ3v) is 7.27. The van der Waals surface area contributed by atoms with Crippen LogP contribution in [0.15, 0.2) is 22.5 Å². The van der Waals surface area contributed by atoms with Crippen LogP contribution in [-0.2, 0) is 5.41 Å². The quantitative estimate of drug-likeness (QED) is 0.611. The number of hydrogen-bond acceptors (Lipinski definition) is 4. The zero-order chi connectivity index (χ0) is 18.4. The van der Waals surface area contributed by atoms with Crippen molar-refractivity contribution in [3.05, 3.63) is 22.4 Å². The number of likely N-dealkylation sites (N-methyl/N-ethyl adjacent to an activating group) is 2. The monoisotopic (exact) mass is 377 g/mol. The van der Waals surface area contributed by atoms with Crippen LogP contribution in [0.1, 0.15) is 37.0 Å². The lowest BCUT2D eigenvalue weighted by molar-refractivity contribution is 0.116. The second-order valence-corrected chi connectivity index (χ2v) is 8.97. The van der Waals surface area contributed by atoms with Crippen LogP contribution in [0.5, 0.6) is 0 Å². The van der Waals surface area contributed by atoms with Crippen LogP contribution >= 0.6 is 11.3 Å². The summed E-state index contributed by atoms with van der Waals surface area (Å²) in [5, 5.41) is 9.43. The van der Waals surface area contributed by atoms with Gasteiger partial charge in [0.05, 0.1) is 0 Å². The highest BCUT2D eigenvalue weighted by atomic mass is 32.1. The van der Waals surface area contributed by atoms with Crippen molar-refractivity contribution >= 4 is 17.3 Å². The Balaban J connectivity index is 1.55. The highest BCUT2D eigenvalue weighted by molar-refractivity contribution is 7.10. The molecule has 6 heteroatoms. The van der Waals surface area contributed by atoms with E-state index in [4.69, 9.17) is 0 Å². The molecule has 0 spiro atoms. The van der Waals surface area contributed by atoms with Gasteiger partial charge in [0.2, 0.25) is 0 Å². The first kappa shape index (κ1) is 19.6. The molecule has 1 saturated carbocycles. The summed E-state index contributed by atoms with van der Waals surface area (Å²) >= 11 is 1.91. The molecule has 1 atom stereocenters. The minimum atomic E-state index is 0.284. The van der Waals surface area contributed by atoms with Crippen LogP contribution in [0.3, 0.4) is 0 Å². The molecule has 146 valence electrons. The summed E-state index contributed by atoms with van der Waals surface area (Å²) in [4.78, 5) is 10.9.